The Kier molecular flexibility index (Phi) is 3.72. The molecule has 0 bridgehead atoms. The molecule has 0 aliphatic carbocycles. The van der Waals surface area contributed by atoms with E-state index in [2.05, 4.69) is 0 Å². The van der Waals surface area contributed by atoms with Gasteiger partial charge < -0.3 is 10.0 Å². The number of rotatable bonds is 3. The molecule has 3 nitrogen and oxygen atoms in total. The van der Waals surface area contributed by atoms with Gasteiger partial charge in [-0.15, -0.1) is 11.8 Å². The van der Waals surface area contributed by atoms with E-state index in [1.54, 1.807) is 12.1 Å². The van der Waals surface area contributed by atoms with Crippen LogP contribution in [-0.4, -0.2) is 34.8 Å². The van der Waals surface area contributed by atoms with Crippen LogP contribution in [0.25, 0.3) is 0 Å². The summed E-state index contributed by atoms with van der Waals surface area (Å²) < 4.78 is 0. The van der Waals surface area contributed by atoms with E-state index in [0.717, 1.165) is 30.8 Å². The first-order valence-corrected chi connectivity index (χ1v) is 6.44. The van der Waals surface area contributed by atoms with Gasteiger partial charge in [-0.1, -0.05) is 12.1 Å². The maximum absolute atomic E-state index is 11.8. The molecule has 1 aromatic rings. The van der Waals surface area contributed by atoms with Crippen molar-refractivity contribution < 1.29 is 9.90 Å². The Bertz CT molecular complexity index is 375. The van der Waals surface area contributed by atoms with Crippen LogP contribution in [0.3, 0.4) is 0 Å². The zero-order valence-corrected chi connectivity index (χ0v) is 9.87. The number of aromatic hydroxyl groups is 1. The number of para-hydroxylation sites is 1. The zero-order valence-electron chi connectivity index (χ0n) is 9.06. The van der Waals surface area contributed by atoms with Gasteiger partial charge in [0.15, 0.2) is 0 Å². The second kappa shape index (κ2) is 5.25. The summed E-state index contributed by atoms with van der Waals surface area (Å²) in [7, 11) is 0. The number of phenols is 1. The van der Waals surface area contributed by atoms with E-state index in [0.29, 0.717) is 5.75 Å². The van der Waals surface area contributed by atoms with Crippen molar-refractivity contribution >= 4 is 17.7 Å². The molecule has 1 saturated heterocycles. The number of thioether (sulfide) groups is 1. The third kappa shape index (κ3) is 2.70. The molecule has 0 spiro atoms. The van der Waals surface area contributed by atoms with Gasteiger partial charge in [0.2, 0.25) is 5.91 Å². The van der Waals surface area contributed by atoms with Crippen LogP contribution in [0.2, 0.25) is 0 Å². The quantitative estimate of drug-likeness (QED) is 0.818. The average molecular weight is 237 g/mol. The van der Waals surface area contributed by atoms with Crippen LogP contribution >= 0.6 is 11.8 Å². The van der Waals surface area contributed by atoms with Crippen molar-refractivity contribution in [3.63, 3.8) is 0 Å². The predicted octanol–water partition coefficient (Wildman–Crippen LogP) is 2.11. The minimum Gasteiger partial charge on any atom is -0.507 e. The zero-order chi connectivity index (χ0) is 11.4. The van der Waals surface area contributed by atoms with Crippen LogP contribution in [-0.2, 0) is 4.79 Å². The van der Waals surface area contributed by atoms with E-state index >= 15 is 0 Å². The Morgan fingerprint density at radius 1 is 1.31 bits per heavy atom. The van der Waals surface area contributed by atoms with Gasteiger partial charge in [0.25, 0.3) is 0 Å². The van der Waals surface area contributed by atoms with Crippen LogP contribution < -0.4 is 0 Å². The molecule has 4 heteroatoms. The van der Waals surface area contributed by atoms with Crippen molar-refractivity contribution in [1.82, 2.24) is 4.90 Å². The van der Waals surface area contributed by atoms with Gasteiger partial charge in [0.05, 0.1) is 5.75 Å². The Balaban J connectivity index is 1.87. The first-order chi connectivity index (χ1) is 7.77. The third-order valence-corrected chi connectivity index (χ3v) is 3.72. The van der Waals surface area contributed by atoms with Crippen molar-refractivity contribution in [3.8, 4) is 5.75 Å². The summed E-state index contributed by atoms with van der Waals surface area (Å²) in [5.74, 6) is 0.838. The molecule has 1 aromatic carbocycles. The highest BCUT2D eigenvalue weighted by Crippen LogP contribution is 2.27. The van der Waals surface area contributed by atoms with Crippen LogP contribution in [0.5, 0.6) is 5.75 Å². The summed E-state index contributed by atoms with van der Waals surface area (Å²) in [5.41, 5.74) is 0. The molecule has 1 heterocycles. The highest BCUT2D eigenvalue weighted by atomic mass is 32.2. The fraction of sp³-hybridized carbons (Fsp3) is 0.417. The second-order valence-corrected chi connectivity index (χ2v) is 4.86. The number of benzene rings is 1. The standard InChI is InChI=1S/C12H15NO2S/c14-10-5-1-2-6-11(10)16-9-12(15)13-7-3-4-8-13/h1-2,5-6,14H,3-4,7-9H2. The smallest absolute Gasteiger partial charge is 0.232 e. The van der Waals surface area contributed by atoms with E-state index in [4.69, 9.17) is 0 Å². The molecular formula is C12H15NO2S. The largest absolute Gasteiger partial charge is 0.507 e. The fourth-order valence-corrected chi connectivity index (χ4v) is 2.63. The summed E-state index contributed by atoms with van der Waals surface area (Å²) in [4.78, 5) is 14.4. The maximum Gasteiger partial charge on any atom is 0.232 e. The molecule has 0 saturated carbocycles. The number of phenolic OH excluding ortho intramolecular Hbond substituents is 1. The molecule has 86 valence electrons. The van der Waals surface area contributed by atoms with Gasteiger partial charge in [-0.25, -0.2) is 0 Å². The Morgan fingerprint density at radius 2 is 2.00 bits per heavy atom. The Hall–Kier alpha value is -1.16. The predicted molar refractivity (Wildman–Crippen MR) is 64.6 cm³/mol. The molecule has 1 fully saturated rings. The second-order valence-electron chi connectivity index (χ2n) is 3.84. The summed E-state index contributed by atoms with van der Waals surface area (Å²) in [6.45, 7) is 1.78. The lowest BCUT2D eigenvalue weighted by Gasteiger charge is -2.14. The molecule has 1 N–H and O–H groups in total. The van der Waals surface area contributed by atoms with E-state index in [1.807, 2.05) is 17.0 Å². The molecular weight excluding hydrogens is 222 g/mol. The lowest BCUT2D eigenvalue weighted by molar-refractivity contribution is -0.127. The minimum absolute atomic E-state index is 0.172. The molecule has 1 amide bonds. The topological polar surface area (TPSA) is 40.5 Å². The first kappa shape index (κ1) is 11.3. The van der Waals surface area contributed by atoms with Crippen LogP contribution in [0.1, 0.15) is 12.8 Å². The van der Waals surface area contributed by atoms with Gasteiger partial charge in [-0.3, -0.25) is 4.79 Å². The van der Waals surface area contributed by atoms with Gasteiger partial charge in [-0.2, -0.15) is 0 Å². The molecule has 2 rings (SSSR count). The minimum atomic E-state index is 0.172. The summed E-state index contributed by atoms with van der Waals surface area (Å²) in [6.07, 6.45) is 2.24. The molecule has 0 radical (unpaired) electrons. The van der Waals surface area contributed by atoms with E-state index < -0.39 is 0 Å². The van der Waals surface area contributed by atoms with Crippen molar-refractivity contribution in [1.29, 1.82) is 0 Å². The van der Waals surface area contributed by atoms with E-state index in [-0.39, 0.29) is 11.7 Å². The van der Waals surface area contributed by atoms with Crippen molar-refractivity contribution in [2.75, 3.05) is 18.8 Å². The number of hydrogen-bond donors (Lipinski definition) is 1. The number of amides is 1. The van der Waals surface area contributed by atoms with Gasteiger partial charge in [0.1, 0.15) is 5.75 Å². The molecule has 0 aromatic heterocycles. The van der Waals surface area contributed by atoms with Crippen molar-refractivity contribution in [3.05, 3.63) is 24.3 Å². The number of nitrogens with zero attached hydrogens (tertiary/aromatic N) is 1. The van der Waals surface area contributed by atoms with Crippen LogP contribution in [0.15, 0.2) is 29.2 Å². The molecule has 1 aliphatic heterocycles. The summed E-state index contributed by atoms with van der Waals surface area (Å²) >= 11 is 1.40. The van der Waals surface area contributed by atoms with E-state index in [1.165, 1.54) is 11.8 Å². The van der Waals surface area contributed by atoms with Crippen molar-refractivity contribution in [2.45, 2.75) is 17.7 Å². The lowest BCUT2D eigenvalue weighted by Crippen LogP contribution is -2.29. The lowest BCUT2D eigenvalue weighted by atomic mass is 10.3. The first-order valence-electron chi connectivity index (χ1n) is 5.46. The highest BCUT2D eigenvalue weighted by Gasteiger charge is 2.17. The maximum atomic E-state index is 11.8. The van der Waals surface area contributed by atoms with Gasteiger partial charge in [-0.05, 0) is 25.0 Å². The molecule has 0 atom stereocenters. The summed E-state index contributed by atoms with van der Waals surface area (Å²) in [5, 5.41) is 9.54. The van der Waals surface area contributed by atoms with Crippen LogP contribution in [0.4, 0.5) is 0 Å². The monoisotopic (exact) mass is 237 g/mol. The SMILES string of the molecule is O=C(CSc1ccccc1O)N1CCCC1. The number of carbonyl (C=O) groups is 1. The third-order valence-electron chi connectivity index (χ3n) is 2.68. The van der Waals surface area contributed by atoms with Crippen LogP contribution in [0, 0.1) is 0 Å². The molecule has 16 heavy (non-hydrogen) atoms. The Morgan fingerprint density at radius 3 is 2.69 bits per heavy atom. The normalized spacial score (nSPS) is 15.4. The summed E-state index contributed by atoms with van der Waals surface area (Å²) in [6, 6.07) is 7.12. The molecule has 1 aliphatic rings. The van der Waals surface area contributed by atoms with Gasteiger partial charge >= 0.3 is 0 Å². The van der Waals surface area contributed by atoms with Crippen molar-refractivity contribution in [2.24, 2.45) is 0 Å². The highest BCUT2D eigenvalue weighted by molar-refractivity contribution is 8.00. The van der Waals surface area contributed by atoms with Gasteiger partial charge in [0, 0.05) is 18.0 Å². The number of carbonyl (C=O) groups excluding carboxylic acids is 1. The molecule has 0 unspecified atom stereocenters. The number of hydrogen-bond acceptors (Lipinski definition) is 3. The average Bonchev–Trinajstić information content (AvgIpc) is 2.81. The fourth-order valence-electron chi connectivity index (χ4n) is 1.78. The number of likely N-dealkylation sites (tertiary alicyclic amines) is 1. The Labute approximate surface area is 99.5 Å². The van der Waals surface area contributed by atoms with E-state index in [9.17, 15) is 9.90 Å².